The minimum absolute atomic E-state index is 0.0573. The lowest BCUT2D eigenvalue weighted by Gasteiger charge is -2.07. The summed E-state index contributed by atoms with van der Waals surface area (Å²) in [6, 6.07) is 19.1. The van der Waals surface area contributed by atoms with Gasteiger partial charge in [0, 0.05) is 15.3 Å². The van der Waals surface area contributed by atoms with Crippen LogP contribution in [0.25, 0.3) is 10.2 Å². The van der Waals surface area contributed by atoms with Crippen LogP contribution in [0.4, 0.5) is 5.69 Å². The van der Waals surface area contributed by atoms with Crippen molar-refractivity contribution in [1.29, 1.82) is 0 Å². The lowest BCUT2D eigenvalue weighted by molar-refractivity contribution is -0.118. The molecule has 0 atom stereocenters. The van der Waals surface area contributed by atoms with E-state index in [0.717, 1.165) is 33.1 Å². The number of carbonyl (C=O) groups is 1. The molecule has 4 aromatic rings. The van der Waals surface area contributed by atoms with E-state index in [1.54, 1.807) is 6.21 Å². The Morgan fingerprint density at radius 1 is 1.18 bits per heavy atom. The van der Waals surface area contributed by atoms with Crippen molar-refractivity contribution in [2.45, 2.75) is 4.34 Å². The lowest BCUT2D eigenvalue weighted by Crippen LogP contribution is -2.29. The summed E-state index contributed by atoms with van der Waals surface area (Å²) in [5, 5.41) is 13.1. The highest BCUT2D eigenvalue weighted by atomic mass is 127. The van der Waals surface area contributed by atoms with Crippen LogP contribution in [0.3, 0.4) is 0 Å². The van der Waals surface area contributed by atoms with Crippen LogP contribution >= 0.6 is 68.3 Å². The van der Waals surface area contributed by atoms with Gasteiger partial charge in [0.15, 0.2) is 4.34 Å². The maximum absolute atomic E-state index is 12.1. The number of phenols is 1. The van der Waals surface area contributed by atoms with Crippen molar-refractivity contribution in [3.8, 4) is 11.5 Å². The molecule has 0 aliphatic heterocycles. The number of phenolic OH excluding ortho intramolecular Hbond substituents is 1. The maximum Gasteiger partial charge on any atom is 0.230 e. The van der Waals surface area contributed by atoms with Crippen molar-refractivity contribution in [1.82, 2.24) is 10.3 Å². The van der Waals surface area contributed by atoms with Crippen LogP contribution in [0.1, 0.15) is 5.56 Å². The van der Waals surface area contributed by atoms with E-state index in [1.165, 1.54) is 23.1 Å². The van der Waals surface area contributed by atoms with Crippen molar-refractivity contribution in [2.75, 3.05) is 18.9 Å². The van der Waals surface area contributed by atoms with Crippen LogP contribution in [-0.2, 0) is 4.79 Å². The predicted molar refractivity (Wildman–Crippen MR) is 156 cm³/mol. The molecule has 1 amide bonds. The number of thiazole rings is 1. The molecule has 0 bridgehead atoms. The molecule has 0 unspecified atom stereocenters. The molecule has 34 heavy (non-hydrogen) atoms. The molecule has 0 aliphatic carbocycles. The summed E-state index contributed by atoms with van der Waals surface area (Å²) in [5.74, 6) is 1.25. The highest BCUT2D eigenvalue weighted by Crippen LogP contribution is 2.32. The van der Waals surface area contributed by atoms with E-state index in [4.69, 9.17) is 4.74 Å². The monoisotopic (exact) mass is 715 g/mol. The van der Waals surface area contributed by atoms with Gasteiger partial charge in [0.2, 0.25) is 5.91 Å². The van der Waals surface area contributed by atoms with E-state index < -0.39 is 0 Å². The number of rotatable bonds is 9. The summed E-state index contributed by atoms with van der Waals surface area (Å²) >= 11 is 7.27. The van der Waals surface area contributed by atoms with Gasteiger partial charge in [0.05, 0.1) is 31.8 Å². The first kappa shape index (κ1) is 25.2. The van der Waals surface area contributed by atoms with E-state index in [-0.39, 0.29) is 11.7 Å². The smallest absolute Gasteiger partial charge is 0.230 e. The van der Waals surface area contributed by atoms with Gasteiger partial charge in [-0.15, -0.1) is 11.3 Å². The molecule has 2 N–H and O–H groups in total. The number of halogens is 2. The normalized spacial score (nSPS) is 11.2. The summed E-state index contributed by atoms with van der Waals surface area (Å²) in [4.78, 5) is 21.3. The van der Waals surface area contributed by atoms with Gasteiger partial charge in [-0.2, -0.15) is 0 Å². The Morgan fingerprint density at radius 3 is 2.82 bits per heavy atom. The first-order chi connectivity index (χ1) is 16.5. The SMILES string of the molecule is O=C(CSc1nc2ccc(N=Cc3cc(I)cc(I)c3O)cc2s1)NCCOc1ccccc1. The second-order valence-electron chi connectivity index (χ2n) is 7.02. The average Bonchev–Trinajstić information content (AvgIpc) is 3.25. The summed E-state index contributed by atoms with van der Waals surface area (Å²) in [5.41, 5.74) is 2.32. The number of fused-ring (bicyclic) bond motifs is 1. The van der Waals surface area contributed by atoms with Crippen molar-refractivity contribution >= 4 is 96.3 Å². The molecule has 0 fully saturated rings. The molecule has 10 heteroatoms. The van der Waals surface area contributed by atoms with Gasteiger partial charge in [-0.3, -0.25) is 9.79 Å². The van der Waals surface area contributed by atoms with E-state index in [9.17, 15) is 9.90 Å². The molecular weight excluding hydrogens is 696 g/mol. The number of aromatic nitrogens is 1. The molecule has 0 saturated carbocycles. The van der Waals surface area contributed by atoms with Gasteiger partial charge >= 0.3 is 0 Å². The first-order valence-electron chi connectivity index (χ1n) is 10.2. The molecule has 0 saturated heterocycles. The standard InChI is InChI=1S/C24H19I2N3O3S2/c25-16-10-15(23(31)19(26)11-16)13-28-17-6-7-20-21(12-17)34-24(29-20)33-14-22(30)27-8-9-32-18-4-2-1-3-5-18/h1-7,10-13,31H,8-9,14H2,(H,27,30). The van der Waals surface area contributed by atoms with Crippen LogP contribution in [-0.4, -0.2) is 41.1 Å². The zero-order chi connectivity index (χ0) is 23.9. The number of aliphatic imine (C=N–C) groups is 1. The van der Waals surface area contributed by atoms with Crippen LogP contribution in [0.15, 0.2) is 70.0 Å². The number of ether oxygens (including phenoxy) is 1. The average molecular weight is 715 g/mol. The molecule has 1 heterocycles. The zero-order valence-corrected chi connectivity index (χ0v) is 23.7. The van der Waals surface area contributed by atoms with Gasteiger partial charge in [-0.1, -0.05) is 30.0 Å². The largest absolute Gasteiger partial charge is 0.506 e. The van der Waals surface area contributed by atoms with Crippen LogP contribution in [0.5, 0.6) is 11.5 Å². The number of nitrogens with one attached hydrogen (secondary N) is 1. The number of thioether (sulfide) groups is 1. The van der Waals surface area contributed by atoms with E-state index in [0.29, 0.717) is 24.5 Å². The van der Waals surface area contributed by atoms with Gasteiger partial charge in [0.1, 0.15) is 18.1 Å². The predicted octanol–water partition coefficient (Wildman–Crippen LogP) is 6.25. The second-order valence-corrected chi connectivity index (χ2v) is 11.7. The number of hydrogen-bond acceptors (Lipinski definition) is 7. The number of hydrogen-bond donors (Lipinski definition) is 2. The van der Waals surface area contributed by atoms with Gasteiger partial charge < -0.3 is 15.2 Å². The summed E-state index contributed by atoms with van der Waals surface area (Å²) < 4.78 is 9.23. The van der Waals surface area contributed by atoms with Gasteiger partial charge in [-0.25, -0.2) is 4.98 Å². The minimum Gasteiger partial charge on any atom is -0.506 e. The second kappa shape index (κ2) is 12.2. The summed E-state index contributed by atoms with van der Waals surface area (Å²) in [6.07, 6.45) is 1.67. The van der Waals surface area contributed by atoms with E-state index in [2.05, 4.69) is 60.5 Å². The van der Waals surface area contributed by atoms with Crippen molar-refractivity contribution in [2.24, 2.45) is 4.99 Å². The number of aromatic hydroxyl groups is 1. The molecule has 0 spiro atoms. The zero-order valence-electron chi connectivity index (χ0n) is 17.7. The molecule has 3 aromatic carbocycles. The fourth-order valence-electron chi connectivity index (χ4n) is 2.92. The number of amides is 1. The third-order valence-corrected chi connectivity index (χ3v) is 8.13. The van der Waals surface area contributed by atoms with E-state index >= 15 is 0 Å². The fraction of sp³-hybridized carbons (Fsp3) is 0.125. The Labute approximate surface area is 232 Å². The van der Waals surface area contributed by atoms with E-state index in [1.807, 2.05) is 60.7 Å². The number of para-hydroxylation sites is 1. The first-order valence-corrected chi connectivity index (χ1v) is 14.1. The summed E-state index contributed by atoms with van der Waals surface area (Å²) in [6.45, 7) is 0.870. The highest BCUT2D eigenvalue weighted by molar-refractivity contribution is 14.1. The molecule has 4 rings (SSSR count). The van der Waals surface area contributed by atoms with Crippen LogP contribution in [0, 0.1) is 7.14 Å². The Hall–Kier alpha value is -1.90. The summed E-state index contributed by atoms with van der Waals surface area (Å²) in [7, 11) is 0. The lowest BCUT2D eigenvalue weighted by atomic mass is 10.2. The molecule has 1 aromatic heterocycles. The highest BCUT2D eigenvalue weighted by Gasteiger charge is 2.09. The third kappa shape index (κ3) is 7.06. The van der Waals surface area contributed by atoms with Gasteiger partial charge in [-0.05, 0) is 87.6 Å². The molecule has 174 valence electrons. The van der Waals surface area contributed by atoms with Gasteiger partial charge in [0.25, 0.3) is 0 Å². The Kier molecular flexibility index (Phi) is 9.03. The van der Waals surface area contributed by atoms with Crippen molar-refractivity contribution < 1.29 is 14.6 Å². The van der Waals surface area contributed by atoms with Crippen LogP contribution in [0.2, 0.25) is 0 Å². The van der Waals surface area contributed by atoms with Crippen LogP contribution < -0.4 is 10.1 Å². The fourth-order valence-corrected chi connectivity index (χ4v) is 6.74. The number of nitrogens with zero attached hydrogens (tertiary/aromatic N) is 2. The number of benzene rings is 3. The number of carbonyl (C=O) groups excluding carboxylic acids is 1. The molecule has 0 aliphatic rings. The topological polar surface area (TPSA) is 83.8 Å². The van der Waals surface area contributed by atoms with Crippen molar-refractivity contribution in [3.05, 3.63) is 73.4 Å². The maximum atomic E-state index is 12.1. The minimum atomic E-state index is -0.0573. The van der Waals surface area contributed by atoms with Crippen molar-refractivity contribution in [3.63, 3.8) is 0 Å². The molecule has 0 radical (unpaired) electrons. The third-order valence-electron chi connectivity index (χ3n) is 4.53. The Morgan fingerprint density at radius 2 is 2.00 bits per heavy atom. The molecule has 6 nitrogen and oxygen atoms in total. The molecular formula is C24H19I2N3O3S2. The quantitative estimate of drug-likeness (QED) is 0.0928. The Bertz CT molecular complexity index is 1330. The Balaban J connectivity index is 1.30.